The number of carboxylic acids is 2. The summed E-state index contributed by atoms with van der Waals surface area (Å²) in [4.78, 5) is 23.6. The zero-order valence-corrected chi connectivity index (χ0v) is 21.3. The van der Waals surface area contributed by atoms with Crippen molar-refractivity contribution in [3.63, 3.8) is 0 Å². The summed E-state index contributed by atoms with van der Waals surface area (Å²) in [7, 11) is 1.99. The Morgan fingerprint density at radius 2 is 1.69 bits per heavy atom. The summed E-state index contributed by atoms with van der Waals surface area (Å²) in [6.45, 7) is 6.95. The van der Waals surface area contributed by atoms with Gasteiger partial charge in [-0.3, -0.25) is 4.90 Å². The number of likely N-dealkylation sites (tertiary alicyclic amines) is 1. The molecule has 0 spiro atoms. The van der Waals surface area contributed by atoms with E-state index in [1.165, 1.54) is 5.56 Å². The Labute approximate surface area is 213 Å². The molecular weight excluding hydrogens is 460 g/mol. The number of nitrogens with zero attached hydrogens (tertiary/aromatic N) is 2. The molecule has 0 aromatic heterocycles. The molecule has 36 heavy (non-hydrogen) atoms. The molecule has 2 aromatic carbocycles. The van der Waals surface area contributed by atoms with Crippen LogP contribution in [-0.2, 0) is 16.1 Å². The number of benzene rings is 2. The molecule has 0 radical (unpaired) electrons. The molecule has 0 aliphatic carbocycles. The molecule has 2 unspecified atom stereocenters. The fourth-order valence-electron chi connectivity index (χ4n) is 4.09. The van der Waals surface area contributed by atoms with Crippen molar-refractivity contribution in [3.8, 4) is 5.75 Å². The standard InChI is InChI=1S/C24H34N2O2.C4H4O4/c1-4-5-17-28-23-13-11-22(12-14-23)25(3)24(27)15-16-26(20(2)18-24)19-21-9-7-6-8-10-21;5-3(6)1-2-4(7)8/h6-14,20,27H,4-5,15-19H2,1-3H3;1-2H,(H,5,6)(H,7,8)/b;2-1-. The van der Waals surface area contributed by atoms with Crippen LogP contribution in [0.1, 0.15) is 45.1 Å². The van der Waals surface area contributed by atoms with Gasteiger partial charge in [0.2, 0.25) is 0 Å². The van der Waals surface area contributed by atoms with Crippen molar-refractivity contribution in [1.82, 2.24) is 4.90 Å². The van der Waals surface area contributed by atoms with Crippen molar-refractivity contribution in [3.05, 3.63) is 72.3 Å². The summed E-state index contributed by atoms with van der Waals surface area (Å²) in [6.07, 6.45) is 4.78. The lowest BCUT2D eigenvalue weighted by Gasteiger charge is -2.47. The first kappa shape index (κ1) is 28.9. The van der Waals surface area contributed by atoms with Crippen molar-refractivity contribution in [2.75, 3.05) is 25.1 Å². The first-order valence-corrected chi connectivity index (χ1v) is 12.3. The van der Waals surface area contributed by atoms with Gasteiger partial charge in [0.15, 0.2) is 0 Å². The van der Waals surface area contributed by atoms with Gasteiger partial charge in [-0.2, -0.15) is 0 Å². The number of aliphatic carboxylic acids is 2. The predicted molar refractivity (Wildman–Crippen MR) is 140 cm³/mol. The summed E-state index contributed by atoms with van der Waals surface area (Å²) in [6, 6.07) is 19.0. The number of anilines is 1. The largest absolute Gasteiger partial charge is 0.494 e. The number of piperidine rings is 1. The minimum atomic E-state index is -1.26. The van der Waals surface area contributed by atoms with E-state index < -0.39 is 17.7 Å². The Morgan fingerprint density at radius 3 is 2.22 bits per heavy atom. The van der Waals surface area contributed by atoms with E-state index in [-0.39, 0.29) is 0 Å². The number of rotatable bonds is 10. The highest BCUT2D eigenvalue weighted by Crippen LogP contribution is 2.34. The van der Waals surface area contributed by atoms with Gasteiger partial charge < -0.3 is 25.0 Å². The SMILES string of the molecule is CCCCOc1ccc(N(C)C2(O)CCN(Cc3ccccc3)C(C)C2)cc1.O=C(O)/C=C\C(=O)O. The van der Waals surface area contributed by atoms with Crippen LogP contribution < -0.4 is 9.64 Å². The smallest absolute Gasteiger partial charge is 0.328 e. The minimum absolute atomic E-state index is 0.318. The number of hydrogen-bond acceptors (Lipinski definition) is 6. The van der Waals surface area contributed by atoms with Gasteiger partial charge in [-0.25, -0.2) is 9.59 Å². The molecule has 0 amide bonds. The number of carboxylic acid groups (broad SMARTS) is 2. The van der Waals surface area contributed by atoms with Crippen LogP contribution in [0.5, 0.6) is 5.75 Å². The molecule has 1 aliphatic rings. The molecule has 2 atom stereocenters. The summed E-state index contributed by atoms with van der Waals surface area (Å²) < 4.78 is 5.75. The average molecular weight is 499 g/mol. The van der Waals surface area contributed by atoms with Gasteiger partial charge in [0, 0.05) is 56.9 Å². The third kappa shape index (κ3) is 9.36. The van der Waals surface area contributed by atoms with Gasteiger partial charge in [0.25, 0.3) is 0 Å². The maximum absolute atomic E-state index is 11.4. The zero-order valence-electron chi connectivity index (χ0n) is 21.3. The number of ether oxygens (including phenoxy) is 1. The maximum atomic E-state index is 11.4. The Hall–Kier alpha value is -3.36. The number of carbonyl (C=O) groups is 2. The van der Waals surface area contributed by atoms with E-state index in [1.54, 1.807) is 0 Å². The highest BCUT2D eigenvalue weighted by atomic mass is 16.5. The summed E-state index contributed by atoms with van der Waals surface area (Å²) in [5, 5.41) is 27.0. The van der Waals surface area contributed by atoms with E-state index in [2.05, 4.69) is 49.1 Å². The Balaban J connectivity index is 0.000000493. The molecule has 1 heterocycles. The number of hydrogen-bond donors (Lipinski definition) is 3. The highest BCUT2D eigenvalue weighted by Gasteiger charge is 2.39. The van der Waals surface area contributed by atoms with Crippen molar-refractivity contribution in [1.29, 1.82) is 0 Å². The molecule has 8 nitrogen and oxygen atoms in total. The summed E-state index contributed by atoms with van der Waals surface area (Å²) in [5.74, 6) is -1.62. The van der Waals surface area contributed by atoms with E-state index in [1.807, 2.05) is 36.2 Å². The molecule has 2 aromatic rings. The van der Waals surface area contributed by atoms with E-state index in [0.29, 0.717) is 18.2 Å². The van der Waals surface area contributed by atoms with Crippen molar-refractivity contribution < 1.29 is 29.6 Å². The average Bonchev–Trinajstić information content (AvgIpc) is 2.86. The maximum Gasteiger partial charge on any atom is 0.328 e. The topological polar surface area (TPSA) is 111 Å². The van der Waals surface area contributed by atoms with E-state index >= 15 is 0 Å². The molecule has 1 fully saturated rings. The van der Waals surface area contributed by atoms with E-state index in [0.717, 1.165) is 56.8 Å². The molecule has 8 heteroatoms. The second kappa shape index (κ2) is 14.3. The normalized spacial score (nSPS) is 19.8. The first-order chi connectivity index (χ1) is 17.1. The van der Waals surface area contributed by atoms with Crippen molar-refractivity contribution in [2.24, 2.45) is 0 Å². The third-order valence-corrected chi connectivity index (χ3v) is 6.26. The summed E-state index contributed by atoms with van der Waals surface area (Å²) in [5.41, 5.74) is 1.53. The van der Waals surface area contributed by atoms with Crippen LogP contribution in [0.4, 0.5) is 5.69 Å². The lowest BCUT2D eigenvalue weighted by atomic mass is 9.92. The minimum Gasteiger partial charge on any atom is -0.494 e. The van der Waals surface area contributed by atoms with Crippen LogP contribution >= 0.6 is 0 Å². The Morgan fingerprint density at radius 1 is 1.08 bits per heavy atom. The lowest BCUT2D eigenvalue weighted by molar-refractivity contribution is -0.134. The molecule has 0 saturated carbocycles. The molecule has 1 saturated heterocycles. The van der Waals surface area contributed by atoms with Crippen molar-refractivity contribution in [2.45, 2.75) is 57.8 Å². The van der Waals surface area contributed by atoms with Gasteiger partial charge in [-0.15, -0.1) is 0 Å². The molecule has 3 N–H and O–H groups in total. The number of aliphatic hydroxyl groups is 1. The van der Waals surface area contributed by atoms with Gasteiger partial charge in [-0.1, -0.05) is 43.7 Å². The Bertz CT molecular complexity index is 963. The van der Waals surface area contributed by atoms with Crippen LogP contribution in [0.15, 0.2) is 66.7 Å². The molecule has 1 aliphatic heterocycles. The predicted octanol–water partition coefficient (Wildman–Crippen LogP) is 4.39. The fourth-order valence-corrected chi connectivity index (χ4v) is 4.09. The quantitative estimate of drug-likeness (QED) is 0.251. The highest BCUT2D eigenvalue weighted by molar-refractivity contribution is 5.89. The van der Waals surface area contributed by atoms with Crippen LogP contribution in [0.2, 0.25) is 0 Å². The fraction of sp³-hybridized carbons (Fsp3) is 0.429. The van der Waals surface area contributed by atoms with Crippen LogP contribution in [0, 0.1) is 0 Å². The van der Waals surface area contributed by atoms with Crippen LogP contribution in [0.3, 0.4) is 0 Å². The Kier molecular flexibility index (Phi) is 11.4. The first-order valence-electron chi connectivity index (χ1n) is 12.3. The van der Waals surface area contributed by atoms with Crippen LogP contribution in [0.25, 0.3) is 0 Å². The summed E-state index contributed by atoms with van der Waals surface area (Å²) >= 11 is 0. The molecule has 3 rings (SSSR count). The van der Waals surface area contributed by atoms with Gasteiger partial charge in [0.1, 0.15) is 11.5 Å². The lowest BCUT2D eigenvalue weighted by Crippen LogP contribution is -2.57. The van der Waals surface area contributed by atoms with Crippen molar-refractivity contribution >= 4 is 17.6 Å². The molecular formula is C28H38N2O6. The second-order valence-electron chi connectivity index (χ2n) is 9.01. The van der Waals surface area contributed by atoms with Gasteiger partial charge >= 0.3 is 11.9 Å². The molecule has 0 bridgehead atoms. The third-order valence-electron chi connectivity index (χ3n) is 6.26. The van der Waals surface area contributed by atoms with E-state index in [9.17, 15) is 14.7 Å². The number of unbranched alkanes of at least 4 members (excludes halogenated alkanes) is 1. The van der Waals surface area contributed by atoms with E-state index in [4.69, 9.17) is 14.9 Å². The molecule has 196 valence electrons. The zero-order chi connectivity index (χ0) is 26.6. The van der Waals surface area contributed by atoms with Crippen LogP contribution in [-0.4, -0.2) is 64.1 Å². The monoisotopic (exact) mass is 498 g/mol. The van der Waals surface area contributed by atoms with Gasteiger partial charge in [-0.05, 0) is 43.2 Å². The van der Waals surface area contributed by atoms with Gasteiger partial charge in [0.05, 0.1) is 6.61 Å². The second-order valence-corrected chi connectivity index (χ2v) is 9.01.